The first kappa shape index (κ1) is 11.9. The number of carbonyl (C=O) groups is 1. The number of aromatic carboxylic acids is 1. The standard InChI is InChI=1S/C13H12N2O3/c1-8(15-14)9-2-4-10(5-3-9)11-6-7-12(18-11)13(16)17/h2-7H,14H2,1H3,(H,16,17)/b15-8-. The number of carboxylic acids is 1. The summed E-state index contributed by atoms with van der Waals surface area (Å²) in [5.41, 5.74) is 2.44. The van der Waals surface area contributed by atoms with Gasteiger partial charge in [0.2, 0.25) is 5.76 Å². The van der Waals surface area contributed by atoms with Gasteiger partial charge >= 0.3 is 5.97 Å². The number of rotatable bonds is 3. The van der Waals surface area contributed by atoms with Crippen LogP contribution in [0.5, 0.6) is 0 Å². The number of hydrogen-bond donors (Lipinski definition) is 2. The Morgan fingerprint density at radius 3 is 2.39 bits per heavy atom. The minimum Gasteiger partial charge on any atom is -0.475 e. The minimum atomic E-state index is -1.08. The van der Waals surface area contributed by atoms with Crippen molar-refractivity contribution in [1.29, 1.82) is 0 Å². The van der Waals surface area contributed by atoms with Crippen molar-refractivity contribution < 1.29 is 14.3 Å². The van der Waals surface area contributed by atoms with Crippen molar-refractivity contribution in [3.63, 3.8) is 0 Å². The molecule has 5 nitrogen and oxygen atoms in total. The van der Waals surface area contributed by atoms with Crippen LogP contribution < -0.4 is 5.84 Å². The minimum absolute atomic E-state index is 0.0752. The molecule has 2 aromatic rings. The average molecular weight is 244 g/mol. The molecule has 0 amide bonds. The summed E-state index contributed by atoms with van der Waals surface area (Å²) in [6.07, 6.45) is 0. The SMILES string of the molecule is C/C(=N/N)c1ccc(-c2ccc(C(=O)O)o2)cc1. The van der Waals surface area contributed by atoms with Gasteiger partial charge in [0.25, 0.3) is 0 Å². The molecule has 0 fully saturated rings. The van der Waals surface area contributed by atoms with Gasteiger partial charge < -0.3 is 15.4 Å². The van der Waals surface area contributed by atoms with Gasteiger partial charge in [-0.15, -0.1) is 0 Å². The van der Waals surface area contributed by atoms with Crippen molar-refractivity contribution in [1.82, 2.24) is 0 Å². The number of benzene rings is 1. The first-order valence-corrected chi connectivity index (χ1v) is 5.30. The summed E-state index contributed by atoms with van der Waals surface area (Å²) in [4.78, 5) is 10.7. The van der Waals surface area contributed by atoms with E-state index in [0.29, 0.717) is 5.76 Å². The molecule has 0 aliphatic carbocycles. The summed E-state index contributed by atoms with van der Waals surface area (Å²) in [6, 6.07) is 10.4. The van der Waals surface area contributed by atoms with Gasteiger partial charge in [-0.1, -0.05) is 24.3 Å². The molecule has 0 spiro atoms. The number of hydrogen-bond acceptors (Lipinski definition) is 4. The fourth-order valence-corrected chi connectivity index (χ4v) is 1.56. The average Bonchev–Trinajstić information content (AvgIpc) is 2.88. The topological polar surface area (TPSA) is 88.8 Å². The molecule has 1 aromatic heterocycles. The van der Waals surface area contributed by atoms with E-state index in [1.54, 1.807) is 6.07 Å². The fraction of sp³-hybridized carbons (Fsp3) is 0.0769. The molecule has 2 rings (SSSR count). The lowest BCUT2D eigenvalue weighted by Crippen LogP contribution is -1.98. The third-order valence-electron chi connectivity index (χ3n) is 2.60. The number of furan rings is 1. The normalized spacial score (nSPS) is 11.5. The highest BCUT2D eigenvalue weighted by molar-refractivity contribution is 5.98. The van der Waals surface area contributed by atoms with E-state index >= 15 is 0 Å². The molecule has 0 saturated heterocycles. The van der Waals surface area contributed by atoms with Crippen molar-refractivity contribution in [2.24, 2.45) is 10.9 Å². The van der Waals surface area contributed by atoms with Gasteiger partial charge in [0, 0.05) is 5.56 Å². The molecule has 0 saturated carbocycles. The third kappa shape index (κ3) is 2.24. The Morgan fingerprint density at radius 1 is 1.22 bits per heavy atom. The van der Waals surface area contributed by atoms with Gasteiger partial charge in [-0.2, -0.15) is 5.10 Å². The van der Waals surface area contributed by atoms with Gasteiger partial charge in [-0.3, -0.25) is 0 Å². The Bertz CT molecular complexity index is 597. The summed E-state index contributed by atoms with van der Waals surface area (Å²) >= 11 is 0. The molecule has 0 aliphatic heterocycles. The van der Waals surface area contributed by atoms with E-state index in [1.165, 1.54) is 6.07 Å². The van der Waals surface area contributed by atoms with Crippen LogP contribution in [0.15, 0.2) is 45.9 Å². The summed E-state index contributed by atoms with van der Waals surface area (Å²) in [7, 11) is 0. The highest BCUT2D eigenvalue weighted by atomic mass is 16.4. The molecule has 0 aliphatic rings. The Hall–Kier alpha value is -2.56. The monoisotopic (exact) mass is 244 g/mol. The zero-order valence-electron chi connectivity index (χ0n) is 9.75. The quantitative estimate of drug-likeness (QED) is 0.492. The molecule has 0 atom stereocenters. The summed E-state index contributed by atoms with van der Waals surface area (Å²) in [6.45, 7) is 1.81. The van der Waals surface area contributed by atoms with Gasteiger partial charge in [0.15, 0.2) is 0 Å². The second kappa shape index (κ2) is 4.75. The van der Waals surface area contributed by atoms with Crippen LogP contribution in [-0.4, -0.2) is 16.8 Å². The Balaban J connectivity index is 2.31. The van der Waals surface area contributed by atoms with Crippen LogP contribution in [-0.2, 0) is 0 Å². The lowest BCUT2D eigenvalue weighted by atomic mass is 10.1. The zero-order valence-corrected chi connectivity index (χ0v) is 9.75. The second-order valence-corrected chi connectivity index (χ2v) is 3.76. The Morgan fingerprint density at radius 2 is 1.89 bits per heavy atom. The maximum atomic E-state index is 10.7. The van der Waals surface area contributed by atoms with Crippen LogP contribution in [0.2, 0.25) is 0 Å². The summed E-state index contributed by atoms with van der Waals surface area (Å²) in [5.74, 6) is 4.55. The molecule has 0 bridgehead atoms. The van der Waals surface area contributed by atoms with E-state index < -0.39 is 5.97 Å². The molecule has 3 N–H and O–H groups in total. The van der Waals surface area contributed by atoms with Crippen LogP contribution in [0, 0.1) is 0 Å². The van der Waals surface area contributed by atoms with Crippen molar-refractivity contribution in [2.45, 2.75) is 6.92 Å². The Labute approximate surface area is 104 Å². The van der Waals surface area contributed by atoms with Crippen LogP contribution in [0.4, 0.5) is 0 Å². The Kier molecular flexibility index (Phi) is 3.14. The molecular formula is C13H12N2O3. The van der Waals surface area contributed by atoms with Gasteiger partial charge in [-0.05, 0) is 24.6 Å². The predicted molar refractivity (Wildman–Crippen MR) is 67.5 cm³/mol. The maximum absolute atomic E-state index is 10.7. The van der Waals surface area contributed by atoms with E-state index in [1.807, 2.05) is 31.2 Å². The first-order valence-electron chi connectivity index (χ1n) is 5.30. The first-order chi connectivity index (χ1) is 8.61. The zero-order chi connectivity index (χ0) is 13.1. The van der Waals surface area contributed by atoms with Crippen molar-refractivity contribution in [2.75, 3.05) is 0 Å². The van der Waals surface area contributed by atoms with Crippen LogP contribution >= 0.6 is 0 Å². The second-order valence-electron chi connectivity index (χ2n) is 3.76. The predicted octanol–water partition coefficient (Wildman–Crippen LogP) is 2.33. The smallest absolute Gasteiger partial charge is 0.371 e. The van der Waals surface area contributed by atoms with Gasteiger partial charge in [0.1, 0.15) is 5.76 Å². The van der Waals surface area contributed by atoms with Crippen molar-refractivity contribution in [3.05, 3.63) is 47.7 Å². The summed E-state index contributed by atoms with van der Waals surface area (Å²) in [5, 5.41) is 12.4. The largest absolute Gasteiger partial charge is 0.475 e. The van der Waals surface area contributed by atoms with Crippen LogP contribution in [0.25, 0.3) is 11.3 Å². The molecule has 1 heterocycles. The van der Waals surface area contributed by atoms with E-state index in [-0.39, 0.29) is 5.76 Å². The fourth-order valence-electron chi connectivity index (χ4n) is 1.56. The van der Waals surface area contributed by atoms with Gasteiger partial charge in [0.05, 0.1) is 5.71 Å². The van der Waals surface area contributed by atoms with Crippen molar-refractivity contribution in [3.8, 4) is 11.3 Å². The van der Waals surface area contributed by atoms with E-state index in [4.69, 9.17) is 15.4 Å². The van der Waals surface area contributed by atoms with E-state index in [9.17, 15) is 4.79 Å². The summed E-state index contributed by atoms with van der Waals surface area (Å²) < 4.78 is 5.20. The number of nitrogens with two attached hydrogens (primary N) is 1. The van der Waals surface area contributed by atoms with Gasteiger partial charge in [-0.25, -0.2) is 4.79 Å². The van der Waals surface area contributed by atoms with Crippen LogP contribution in [0.1, 0.15) is 23.0 Å². The molecule has 0 unspecified atom stereocenters. The van der Waals surface area contributed by atoms with E-state index in [0.717, 1.165) is 16.8 Å². The molecule has 0 radical (unpaired) electrons. The molecular weight excluding hydrogens is 232 g/mol. The van der Waals surface area contributed by atoms with Crippen molar-refractivity contribution >= 4 is 11.7 Å². The maximum Gasteiger partial charge on any atom is 0.371 e. The molecule has 5 heteroatoms. The molecule has 1 aromatic carbocycles. The highest BCUT2D eigenvalue weighted by Crippen LogP contribution is 2.22. The van der Waals surface area contributed by atoms with Crippen LogP contribution in [0.3, 0.4) is 0 Å². The van der Waals surface area contributed by atoms with E-state index in [2.05, 4.69) is 5.10 Å². The molecule has 18 heavy (non-hydrogen) atoms. The number of carboxylic acid groups (broad SMARTS) is 1. The number of hydrazone groups is 1. The lowest BCUT2D eigenvalue weighted by molar-refractivity contribution is 0.0663. The molecule has 92 valence electrons. The highest BCUT2D eigenvalue weighted by Gasteiger charge is 2.10. The lowest BCUT2D eigenvalue weighted by Gasteiger charge is -2.01. The third-order valence-corrected chi connectivity index (χ3v) is 2.60. The number of nitrogens with zero attached hydrogens (tertiary/aromatic N) is 1.